The molecule has 2 rings (SSSR count). The first-order chi connectivity index (χ1) is 8.98. The number of nitrogens with zero attached hydrogens (tertiary/aromatic N) is 1. The van der Waals surface area contributed by atoms with E-state index in [9.17, 15) is 13.5 Å². The van der Waals surface area contributed by atoms with Crippen molar-refractivity contribution in [1.29, 1.82) is 0 Å². The van der Waals surface area contributed by atoms with Gasteiger partial charge in [-0.05, 0) is 30.7 Å². The number of aliphatic hydroxyl groups is 1. The summed E-state index contributed by atoms with van der Waals surface area (Å²) in [6, 6.07) is -0.0235. The second kappa shape index (κ2) is 5.88. The van der Waals surface area contributed by atoms with Gasteiger partial charge in [-0.25, -0.2) is 8.42 Å². The molecule has 1 aliphatic heterocycles. The molecule has 0 bridgehead atoms. The van der Waals surface area contributed by atoms with Crippen LogP contribution in [-0.2, 0) is 21.4 Å². The Kier molecular flexibility index (Phi) is 4.62. The maximum absolute atomic E-state index is 12.7. The molecule has 1 fully saturated rings. The topological polar surface area (TPSA) is 66.8 Å². The number of rotatable bonds is 4. The van der Waals surface area contributed by atoms with Crippen LogP contribution in [0.2, 0.25) is 0 Å². The SMILES string of the molecule is Cc1csc(CO)c1S(=O)(=O)N(C)C1CCOCC1. The van der Waals surface area contributed by atoms with E-state index in [1.807, 2.05) is 0 Å². The first-order valence-electron chi connectivity index (χ1n) is 6.22. The van der Waals surface area contributed by atoms with E-state index in [0.717, 1.165) is 0 Å². The van der Waals surface area contributed by atoms with Crippen LogP contribution in [0.1, 0.15) is 23.3 Å². The van der Waals surface area contributed by atoms with Gasteiger partial charge in [-0.15, -0.1) is 11.3 Å². The Balaban J connectivity index is 2.33. The molecule has 1 aromatic rings. The minimum atomic E-state index is -3.54. The smallest absolute Gasteiger partial charge is 0.244 e. The fourth-order valence-corrected chi connectivity index (χ4v) is 5.36. The third-order valence-electron chi connectivity index (χ3n) is 3.48. The highest BCUT2D eigenvalue weighted by atomic mass is 32.2. The summed E-state index contributed by atoms with van der Waals surface area (Å²) in [7, 11) is -1.93. The number of sulfonamides is 1. The molecular formula is C12H19NO4S2. The molecule has 7 heteroatoms. The van der Waals surface area contributed by atoms with Gasteiger partial charge < -0.3 is 9.84 Å². The molecule has 0 amide bonds. The van der Waals surface area contributed by atoms with Crippen LogP contribution < -0.4 is 0 Å². The monoisotopic (exact) mass is 305 g/mol. The summed E-state index contributed by atoms with van der Waals surface area (Å²) in [5.74, 6) is 0. The van der Waals surface area contributed by atoms with Gasteiger partial charge in [-0.1, -0.05) is 0 Å². The second-order valence-corrected chi connectivity index (χ2v) is 7.59. The van der Waals surface area contributed by atoms with Crippen molar-refractivity contribution in [3.8, 4) is 0 Å². The number of aryl methyl sites for hydroxylation is 1. The van der Waals surface area contributed by atoms with Crippen molar-refractivity contribution in [3.63, 3.8) is 0 Å². The quantitative estimate of drug-likeness (QED) is 0.912. The predicted octanol–water partition coefficient (Wildman–Crippen LogP) is 1.35. The van der Waals surface area contributed by atoms with Gasteiger partial charge in [0.15, 0.2) is 0 Å². The summed E-state index contributed by atoms with van der Waals surface area (Å²) >= 11 is 1.29. The van der Waals surface area contributed by atoms with Gasteiger partial charge in [0.25, 0.3) is 0 Å². The van der Waals surface area contributed by atoms with Crippen molar-refractivity contribution in [2.24, 2.45) is 0 Å². The maximum atomic E-state index is 12.7. The summed E-state index contributed by atoms with van der Waals surface area (Å²) in [6.07, 6.45) is 1.43. The number of aliphatic hydroxyl groups excluding tert-OH is 1. The van der Waals surface area contributed by atoms with E-state index in [4.69, 9.17) is 4.74 Å². The van der Waals surface area contributed by atoms with E-state index >= 15 is 0 Å². The molecule has 2 heterocycles. The average Bonchev–Trinajstić information content (AvgIpc) is 2.80. The molecule has 0 aliphatic carbocycles. The van der Waals surface area contributed by atoms with E-state index in [1.165, 1.54) is 15.6 Å². The lowest BCUT2D eigenvalue weighted by Crippen LogP contribution is -2.40. The lowest BCUT2D eigenvalue weighted by molar-refractivity contribution is 0.0632. The van der Waals surface area contributed by atoms with Crippen LogP contribution >= 0.6 is 11.3 Å². The van der Waals surface area contributed by atoms with Gasteiger partial charge in [0, 0.05) is 26.3 Å². The minimum absolute atomic E-state index is 0.0235. The summed E-state index contributed by atoms with van der Waals surface area (Å²) in [4.78, 5) is 0.783. The van der Waals surface area contributed by atoms with Crippen molar-refractivity contribution < 1.29 is 18.3 Å². The van der Waals surface area contributed by atoms with Gasteiger partial charge >= 0.3 is 0 Å². The maximum Gasteiger partial charge on any atom is 0.244 e. The average molecular weight is 305 g/mol. The van der Waals surface area contributed by atoms with Crippen LogP contribution in [0.15, 0.2) is 10.3 Å². The Morgan fingerprint density at radius 3 is 2.68 bits per heavy atom. The van der Waals surface area contributed by atoms with Gasteiger partial charge in [0.05, 0.1) is 11.5 Å². The minimum Gasteiger partial charge on any atom is -0.391 e. The Bertz CT molecular complexity index is 532. The molecule has 0 saturated carbocycles. The van der Waals surface area contributed by atoms with Crippen molar-refractivity contribution >= 4 is 21.4 Å². The molecule has 1 N–H and O–H groups in total. The number of ether oxygens (including phenoxy) is 1. The summed E-state index contributed by atoms with van der Waals surface area (Å²) < 4.78 is 32.0. The molecule has 0 aromatic carbocycles. The van der Waals surface area contributed by atoms with Gasteiger partial charge in [0.1, 0.15) is 4.90 Å². The van der Waals surface area contributed by atoms with Crippen molar-refractivity contribution in [3.05, 3.63) is 15.8 Å². The van der Waals surface area contributed by atoms with E-state index in [-0.39, 0.29) is 17.5 Å². The normalized spacial score (nSPS) is 18.1. The van der Waals surface area contributed by atoms with E-state index in [0.29, 0.717) is 36.5 Å². The molecule has 0 atom stereocenters. The molecular weight excluding hydrogens is 286 g/mol. The largest absolute Gasteiger partial charge is 0.391 e. The van der Waals surface area contributed by atoms with Crippen LogP contribution in [0.5, 0.6) is 0 Å². The van der Waals surface area contributed by atoms with Crippen LogP contribution in [0.25, 0.3) is 0 Å². The molecule has 0 radical (unpaired) electrons. The Labute approximate surface area is 117 Å². The van der Waals surface area contributed by atoms with Crippen LogP contribution in [-0.4, -0.2) is 44.1 Å². The number of hydrogen-bond acceptors (Lipinski definition) is 5. The third-order valence-corrected chi connectivity index (χ3v) is 6.83. The molecule has 5 nitrogen and oxygen atoms in total. The van der Waals surface area contributed by atoms with Gasteiger partial charge in [0.2, 0.25) is 10.0 Å². The zero-order valence-electron chi connectivity index (χ0n) is 11.1. The molecule has 0 unspecified atom stereocenters. The van der Waals surface area contributed by atoms with Crippen molar-refractivity contribution in [1.82, 2.24) is 4.31 Å². The van der Waals surface area contributed by atoms with Gasteiger partial charge in [-0.2, -0.15) is 4.31 Å². The van der Waals surface area contributed by atoms with Crippen LogP contribution in [0.3, 0.4) is 0 Å². The van der Waals surface area contributed by atoms with Crippen LogP contribution in [0, 0.1) is 6.92 Å². The zero-order chi connectivity index (χ0) is 14.0. The number of hydrogen-bond donors (Lipinski definition) is 1. The molecule has 19 heavy (non-hydrogen) atoms. The Hall–Kier alpha value is -0.470. The fraction of sp³-hybridized carbons (Fsp3) is 0.667. The molecule has 0 spiro atoms. The highest BCUT2D eigenvalue weighted by molar-refractivity contribution is 7.89. The van der Waals surface area contributed by atoms with E-state index in [1.54, 1.807) is 19.4 Å². The zero-order valence-corrected chi connectivity index (χ0v) is 12.8. The molecule has 1 aliphatic rings. The first kappa shape index (κ1) is 14.9. The summed E-state index contributed by atoms with van der Waals surface area (Å²) in [5.41, 5.74) is 0.702. The van der Waals surface area contributed by atoms with Crippen molar-refractivity contribution in [2.75, 3.05) is 20.3 Å². The summed E-state index contributed by atoms with van der Waals surface area (Å²) in [5, 5.41) is 11.1. The highest BCUT2D eigenvalue weighted by Gasteiger charge is 2.32. The molecule has 1 saturated heterocycles. The molecule has 1 aromatic heterocycles. The first-order valence-corrected chi connectivity index (χ1v) is 8.54. The van der Waals surface area contributed by atoms with E-state index < -0.39 is 10.0 Å². The van der Waals surface area contributed by atoms with Crippen LogP contribution in [0.4, 0.5) is 0 Å². The van der Waals surface area contributed by atoms with E-state index in [2.05, 4.69) is 0 Å². The predicted molar refractivity (Wildman–Crippen MR) is 73.8 cm³/mol. The lowest BCUT2D eigenvalue weighted by atomic mass is 10.1. The number of thiophene rings is 1. The summed E-state index contributed by atoms with van der Waals surface area (Å²) in [6.45, 7) is 2.72. The standard InChI is InChI=1S/C12H19NO4S2/c1-9-8-18-11(7-14)12(9)19(15,16)13(2)10-3-5-17-6-4-10/h8,10,14H,3-7H2,1-2H3. The van der Waals surface area contributed by atoms with Gasteiger partial charge in [-0.3, -0.25) is 0 Å². The fourth-order valence-electron chi connectivity index (χ4n) is 2.33. The third kappa shape index (κ3) is 2.85. The van der Waals surface area contributed by atoms with Crippen molar-refractivity contribution in [2.45, 2.75) is 37.3 Å². The molecule has 108 valence electrons. The second-order valence-electron chi connectivity index (χ2n) is 4.69. The highest BCUT2D eigenvalue weighted by Crippen LogP contribution is 2.31. The Morgan fingerprint density at radius 2 is 2.11 bits per heavy atom. The Morgan fingerprint density at radius 1 is 1.47 bits per heavy atom. The lowest BCUT2D eigenvalue weighted by Gasteiger charge is -2.30.